The van der Waals surface area contributed by atoms with Gasteiger partial charge in [-0.15, -0.1) is 0 Å². The molecule has 1 saturated heterocycles. The van der Waals surface area contributed by atoms with Gasteiger partial charge in [0.1, 0.15) is 44.1 Å². The second kappa shape index (κ2) is 25.6. The maximum Gasteiger partial charge on any atom is 0.410 e. The van der Waals surface area contributed by atoms with Crippen LogP contribution in [0.1, 0.15) is 62.8 Å². The van der Waals surface area contributed by atoms with E-state index in [1.54, 1.807) is 67.6 Å². The van der Waals surface area contributed by atoms with E-state index in [4.69, 9.17) is 37.9 Å². The van der Waals surface area contributed by atoms with E-state index in [0.717, 1.165) is 31.9 Å². The van der Waals surface area contributed by atoms with Crippen molar-refractivity contribution in [3.05, 3.63) is 154 Å². The van der Waals surface area contributed by atoms with Crippen molar-refractivity contribution in [1.82, 2.24) is 15.5 Å². The van der Waals surface area contributed by atoms with Gasteiger partial charge in [0.15, 0.2) is 18.5 Å². The molecule has 4 aromatic carbocycles. The van der Waals surface area contributed by atoms with Crippen molar-refractivity contribution in [2.45, 2.75) is 128 Å². The molecule has 2 N–H and O–H groups in total. The fraction of sp³-hybridized carbons (Fsp3) is 0.400. The van der Waals surface area contributed by atoms with E-state index in [2.05, 4.69) is 20.7 Å². The molecule has 370 valence electrons. The summed E-state index contributed by atoms with van der Waals surface area (Å²) in [5, 5.41) is 9.24. The summed E-state index contributed by atoms with van der Waals surface area (Å²) in [5.41, 5.74) is 12.6. The third-order valence-electron chi connectivity index (χ3n) is 11.5. The van der Waals surface area contributed by atoms with Crippen molar-refractivity contribution in [2.75, 3.05) is 0 Å². The number of benzene rings is 4. The standard InChI is InChI=1S/C50H56N6O14/c1-31(56(27-35-17-9-5-10-18-35)50(62)65-30-38-23-15-8-16-24-38)40-26-25-39(54-55-51)47(69-40)70-45-42(53-49(61)64-29-37-21-13-7-14-22-37)43(66-32(2)57)41(44(67-33(3)58)46(45)68-34(4)59)52-48(60)63-28-36-19-11-6-12-20-36/h5-24,31,39-47H,25-30H2,1-4H3,(H,52,60)(H,53,61)/t31-,39+,40-,41+,42-,43+,44-,45+,46+,47?/m0/s1. The molecule has 1 aliphatic carbocycles. The van der Waals surface area contributed by atoms with Gasteiger partial charge in [0.2, 0.25) is 0 Å². The Balaban J connectivity index is 1.37. The zero-order valence-electron chi connectivity index (χ0n) is 39.1. The number of amides is 3. The average Bonchev–Trinajstić information content (AvgIpc) is 3.35. The first-order chi connectivity index (χ1) is 33.8. The Bertz CT molecular complexity index is 2410. The number of carbonyl (C=O) groups excluding carboxylic acids is 6. The highest BCUT2D eigenvalue weighted by atomic mass is 16.7. The van der Waals surface area contributed by atoms with Crippen LogP contribution in [0.4, 0.5) is 14.4 Å². The molecule has 20 nitrogen and oxygen atoms in total. The molecular weight excluding hydrogens is 909 g/mol. The molecular formula is C50H56N6O14. The molecule has 0 aromatic heterocycles. The molecule has 1 unspecified atom stereocenters. The molecule has 0 bridgehead atoms. The van der Waals surface area contributed by atoms with Crippen LogP contribution in [0.2, 0.25) is 0 Å². The van der Waals surface area contributed by atoms with E-state index in [1.807, 2.05) is 60.7 Å². The largest absolute Gasteiger partial charge is 0.458 e. The van der Waals surface area contributed by atoms with Crippen molar-refractivity contribution in [1.29, 1.82) is 0 Å². The Kier molecular flexibility index (Phi) is 18.9. The van der Waals surface area contributed by atoms with Crippen molar-refractivity contribution >= 4 is 36.2 Å². The summed E-state index contributed by atoms with van der Waals surface area (Å²) in [6, 6.07) is 30.8. The zero-order valence-corrected chi connectivity index (χ0v) is 39.1. The van der Waals surface area contributed by atoms with E-state index in [1.165, 1.54) is 4.90 Å². The smallest absolute Gasteiger partial charge is 0.410 e. The Morgan fingerprint density at radius 3 is 1.51 bits per heavy atom. The van der Waals surface area contributed by atoms with Gasteiger partial charge in [-0.1, -0.05) is 126 Å². The Morgan fingerprint density at radius 1 is 0.614 bits per heavy atom. The number of esters is 3. The number of nitrogens with zero attached hydrogens (tertiary/aromatic N) is 4. The van der Waals surface area contributed by atoms with E-state index in [9.17, 15) is 34.3 Å². The number of azide groups is 1. The highest BCUT2D eigenvalue weighted by molar-refractivity contribution is 5.72. The summed E-state index contributed by atoms with van der Waals surface area (Å²) in [7, 11) is 0. The molecule has 0 spiro atoms. The molecule has 1 aliphatic heterocycles. The van der Waals surface area contributed by atoms with Gasteiger partial charge in [-0.25, -0.2) is 14.4 Å². The molecule has 2 aliphatic rings. The third kappa shape index (κ3) is 14.9. The minimum Gasteiger partial charge on any atom is -0.458 e. The van der Waals surface area contributed by atoms with Gasteiger partial charge in [0.05, 0.1) is 18.2 Å². The van der Waals surface area contributed by atoms with Crippen LogP contribution >= 0.6 is 0 Å². The van der Waals surface area contributed by atoms with Crippen LogP contribution in [0.25, 0.3) is 10.4 Å². The summed E-state index contributed by atoms with van der Waals surface area (Å²) >= 11 is 0. The zero-order chi connectivity index (χ0) is 50.0. The molecule has 6 rings (SSSR count). The van der Waals surface area contributed by atoms with Crippen LogP contribution in [-0.4, -0.2) is 102 Å². The normalized spacial score (nSPS) is 23.1. The molecule has 3 amide bonds. The first-order valence-electron chi connectivity index (χ1n) is 22.6. The average molecular weight is 965 g/mol. The Hall–Kier alpha value is -7.67. The monoisotopic (exact) mass is 964 g/mol. The number of carbonyl (C=O) groups is 6. The summed E-state index contributed by atoms with van der Waals surface area (Å²) in [4.78, 5) is 85.2. The van der Waals surface area contributed by atoms with Gasteiger partial charge < -0.3 is 48.5 Å². The van der Waals surface area contributed by atoms with Crippen LogP contribution in [-0.2, 0) is 78.6 Å². The van der Waals surface area contributed by atoms with Crippen LogP contribution in [0, 0.1) is 0 Å². The fourth-order valence-electron chi connectivity index (χ4n) is 8.25. The fourth-order valence-corrected chi connectivity index (χ4v) is 8.25. The van der Waals surface area contributed by atoms with Gasteiger partial charge in [-0.2, -0.15) is 0 Å². The highest BCUT2D eigenvalue weighted by Gasteiger charge is 2.59. The second-order valence-corrected chi connectivity index (χ2v) is 16.6. The van der Waals surface area contributed by atoms with Crippen molar-refractivity contribution in [3.63, 3.8) is 0 Å². The lowest BCUT2D eigenvalue weighted by Crippen LogP contribution is -2.75. The lowest BCUT2D eigenvalue weighted by atomic mass is 9.80. The SMILES string of the molecule is CC(=O)O[C@@H]1[C@@H](NC(=O)OCc2ccccc2)[C@H](OC(C)=O)[C@@H](OC(C)=O)[C@H](OC2O[C@H]([C@H](C)N(Cc3ccccc3)C(=O)OCc3ccccc3)CC[C@H]2N=[N+]=[N-])[C@H]1NC(=O)OCc1ccccc1. The molecule has 10 atom stereocenters. The van der Waals surface area contributed by atoms with Crippen LogP contribution in [0.15, 0.2) is 126 Å². The van der Waals surface area contributed by atoms with Crippen LogP contribution < -0.4 is 10.6 Å². The summed E-state index contributed by atoms with van der Waals surface area (Å²) in [6.45, 7) is 4.67. The van der Waals surface area contributed by atoms with Gasteiger partial charge >= 0.3 is 36.2 Å². The maximum atomic E-state index is 14.0. The molecule has 2 fully saturated rings. The molecule has 70 heavy (non-hydrogen) atoms. The number of alkyl carbamates (subject to hydrolysis) is 2. The molecule has 4 aromatic rings. The van der Waals surface area contributed by atoms with Crippen molar-refractivity contribution in [2.24, 2.45) is 5.11 Å². The predicted molar refractivity (Wildman–Crippen MR) is 248 cm³/mol. The molecule has 0 radical (unpaired) electrons. The van der Waals surface area contributed by atoms with Gasteiger partial charge in [0, 0.05) is 32.2 Å². The first kappa shape index (κ1) is 51.7. The molecule has 1 saturated carbocycles. The maximum absolute atomic E-state index is 14.0. The minimum atomic E-state index is -1.72. The van der Waals surface area contributed by atoms with Gasteiger partial charge in [-0.05, 0) is 47.6 Å². The second-order valence-electron chi connectivity index (χ2n) is 16.6. The van der Waals surface area contributed by atoms with Gasteiger partial charge in [-0.3, -0.25) is 19.3 Å². The number of nitrogens with one attached hydrogen (secondary N) is 2. The van der Waals surface area contributed by atoms with E-state index < -0.39 is 97.2 Å². The highest BCUT2D eigenvalue weighted by Crippen LogP contribution is 2.36. The van der Waals surface area contributed by atoms with Crippen LogP contribution in [0.3, 0.4) is 0 Å². The lowest BCUT2D eigenvalue weighted by molar-refractivity contribution is -0.274. The number of hydrogen-bond donors (Lipinski definition) is 2. The topological polar surface area (TPSA) is 252 Å². The lowest BCUT2D eigenvalue weighted by Gasteiger charge is -2.50. The van der Waals surface area contributed by atoms with E-state index >= 15 is 0 Å². The Morgan fingerprint density at radius 2 is 1.04 bits per heavy atom. The van der Waals surface area contributed by atoms with Crippen LogP contribution in [0.5, 0.6) is 0 Å². The summed E-state index contributed by atoms with van der Waals surface area (Å²) in [6.07, 6.45) is -11.5. The molecule has 1 heterocycles. The van der Waals surface area contributed by atoms with Gasteiger partial charge in [0.25, 0.3) is 0 Å². The van der Waals surface area contributed by atoms with E-state index in [0.29, 0.717) is 11.1 Å². The quantitative estimate of drug-likeness (QED) is 0.0329. The number of hydrogen-bond acceptors (Lipinski definition) is 15. The van der Waals surface area contributed by atoms with Crippen molar-refractivity contribution < 1.29 is 66.7 Å². The number of ether oxygens (including phenoxy) is 8. The van der Waals surface area contributed by atoms with E-state index in [-0.39, 0.29) is 39.2 Å². The Labute approximate surface area is 404 Å². The third-order valence-corrected chi connectivity index (χ3v) is 11.5. The molecule has 20 heteroatoms. The van der Waals surface area contributed by atoms with Crippen molar-refractivity contribution in [3.8, 4) is 0 Å². The first-order valence-corrected chi connectivity index (χ1v) is 22.6. The number of rotatable bonds is 18. The minimum absolute atomic E-state index is 0.0110. The predicted octanol–water partition coefficient (Wildman–Crippen LogP) is 7.18. The summed E-state index contributed by atoms with van der Waals surface area (Å²) in [5.74, 6) is -2.73. The summed E-state index contributed by atoms with van der Waals surface area (Å²) < 4.78 is 47.8.